The predicted octanol–water partition coefficient (Wildman–Crippen LogP) is 5.68. The summed E-state index contributed by atoms with van der Waals surface area (Å²) in [7, 11) is -0.266. The summed E-state index contributed by atoms with van der Waals surface area (Å²) in [6.45, 7) is 0.175. The van der Waals surface area contributed by atoms with Crippen LogP contribution in [0, 0.1) is 17.6 Å². The molecule has 0 fully saturated rings. The number of hydrogen-bond donors (Lipinski definition) is 1. The van der Waals surface area contributed by atoms with Crippen molar-refractivity contribution in [2.24, 2.45) is 5.92 Å². The first-order chi connectivity index (χ1) is 16.7. The fraction of sp³-hybridized carbons (Fsp3) is 0.292. The number of sulfonamides is 1. The first-order valence-corrected chi connectivity index (χ1v) is 13.6. The van der Waals surface area contributed by atoms with Crippen molar-refractivity contribution in [2.45, 2.75) is 23.8 Å². The topological polar surface area (TPSA) is 71.5 Å². The Morgan fingerprint density at radius 3 is 2.63 bits per heavy atom. The molecule has 0 bridgehead atoms. The number of thiazole rings is 1. The van der Waals surface area contributed by atoms with Gasteiger partial charge in [-0.3, -0.25) is 4.72 Å². The van der Waals surface area contributed by atoms with E-state index in [4.69, 9.17) is 16.3 Å². The van der Waals surface area contributed by atoms with Gasteiger partial charge in [-0.25, -0.2) is 22.2 Å². The number of anilines is 1. The van der Waals surface area contributed by atoms with Crippen LogP contribution in [-0.2, 0) is 10.0 Å². The molecular formula is C24H24ClF2N3O3S2. The minimum absolute atomic E-state index is 0.0328. The standard InChI is InChI=1S/C24H24ClF2N3O3S2/c1-30(2)21-5-3-4-17(15-6-8-16(26)9-7-15)18(21)12-33-22-11-20(27)23(10-19(22)25)35(31,32)29-24-13-34-14-28-24/h4,6-11,13-14,18,21,29H,3,5,12H2,1-2H3. The maximum atomic E-state index is 14.9. The van der Waals surface area contributed by atoms with Crippen LogP contribution in [0.4, 0.5) is 14.6 Å². The van der Waals surface area contributed by atoms with E-state index in [-0.39, 0.29) is 41.0 Å². The van der Waals surface area contributed by atoms with E-state index in [1.165, 1.54) is 34.4 Å². The molecule has 11 heteroatoms. The van der Waals surface area contributed by atoms with Crippen molar-refractivity contribution in [1.82, 2.24) is 9.88 Å². The van der Waals surface area contributed by atoms with Crippen LogP contribution < -0.4 is 9.46 Å². The second kappa shape index (κ2) is 10.6. The van der Waals surface area contributed by atoms with Gasteiger partial charge in [0.1, 0.15) is 22.3 Å². The Morgan fingerprint density at radius 2 is 1.97 bits per heavy atom. The Balaban J connectivity index is 1.58. The molecule has 1 heterocycles. The SMILES string of the molecule is CN(C)C1CCC=C(c2ccc(F)cc2)C1COc1cc(F)c(S(=O)(=O)Nc2cscn2)cc1Cl. The zero-order chi connectivity index (χ0) is 25.2. The van der Waals surface area contributed by atoms with Gasteiger partial charge in [-0.05, 0) is 56.3 Å². The van der Waals surface area contributed by atoms with Gasteiger partial charge in [-0.1, -0.05) is 29.8 Å². The number of hydrogen-bond acceptors (Lipinski definition) is 6. The van der Waals surface area contributed by atoms with E-state index in [0.29, 0.717) is 0 Å². The third kappa shape index (κ3) is 5.83. The molecule has 2 aromatic carbocycles. The summed E-state index contributed by atoms with van der Waals surface area (Å²) in [5.41, 5.74) is 3.36. The van der Waals surface area contributed by atoms with E-state index < -0.39 is 20.7 Å². The zero-order valence-corrected chi connectivity index (χ0v) is 21.4. The Morgan fingerprint density at radius 1 is 1.23 bits per heavy atom. The molecule has 2 atom stereocenters. The summed E-state index contributed by atoms with van der Waals surface area (Å²) in [4.78, 5) is 5.36. The van der Waals surface area contributed by atoms with Crippen LogP contribution in [0.15, 0.2) is 58.3 Å². The van der Waals surface area contributed by atoms with E-state index in [2.05, 4.69) is 20.7 Å². The summed E-state index contributed by atoms with van der Waals surface area (Å²) < 4.78 is 61.7. The lowest BCUT2D eigenvalue weighted by Gasteiger charge is -2.37. The van der Waals surface area contributed by atoms with Gasteiger partial charge >= 0.3 is 0 Å². The molecule has 6 nitrogen and oxygen atoms in total. The van der Waals surface area contributed by atoms with E-state index in [1.54, 1.807) is 12.1 Å². The lowest BCUT2D eigenvalue weighted by Crippen LogP contribution is -2.40. The van der Waals surface area contributed by atoms with Gasteiger partial charge in [-0.15, -0.1) is 11.3 Å². The number of rotatable bonds is 8. The number of ether oxygens (including phenoxy) is 1. The van der Waals surface area contributed by atoms with E-state index >= 15 is 0 Å². The molecule has 0 spiro atoms. The first kappa shape index (κ1) is 25.6. The molecule has 1 aromatic heterocycles. The molecule has 186 valence electrons. The highest BCUT2D eigenvalue weighted by molar-refractivity contribution is 7.92. The molecule has 35 heavy (non-hydrogen) atoms. The quantitative estimate of drug-likeness (QED) is 0.399. The van der Waals surface area contributed by atoms with Gasteiger partial charge in [0, 0.05) is 23.4 Å². The third-order valence-corrected chi connectivity index (χ3v) is 8.15. The van der Waals surface area contributed by atoms with Crippen LogP contribution in [0.3, 0.4) is 0 Å². The van der Waals surface area contributed by atoms with Crippen molar-refractivity contribution in [2.75, 3.05) is 25.4 Å². The molecule has 0 saturated heterocycles. The van der Waals surface area contributed by atoms with Crippen molar-refractivity contribution in [3.05, 3.63) is 75.6 Å². The van der Waals surface area contributed by atoms with Crippen LogP contribution in [0.25, 0.3) is 5.57 Å². The Bertz CT molecular complexity index is 1310. The molecule has 1 aliphatic rings. The summed E-state index contributed by atoms with van der Waals surface area (Å²) >= 11 is 7.51. The highest BCUT2D eigenvalue weighted by Gasteiger charge is 2.31. The third-order valence-electron chi connectivity index (χ3n) is 5.90. The fourth-order valence-corrected chi connectivity index (χ4v) is 6.15. The molecule has 0 amide bonds. The molecule has 0 saturated carbocycles. The molecule has 1 aliphatic carbocycles. The Kier molecular flexibility index (Phi) is 7.75. The van der Waals surface area contributed by atoms with Gasteiger partial charge in [0.15, 0.2) is 5.82 Å². The first-order valence-electron chi connectivity index (χ1n) is 10.8. The van der Waals surface area contributed by atoms with E-state index in [1.807, 2.05) is 14.1 Å². The maximum absolute atomic E-state index is 14.9. The molecular weight excluding hydrogens is 516 g/mol. The van der Waals surface area contributed by atoms with Crippen molar-refractivity contribution in [3.8, 4) is 5.75 Å². The maximum Gasteiger partial charge on any atom is 0.266 e. The molecule has 4 rings (SSSR count). The van der Waals surface area contributed by atoms with Gasteiger partial charge < -0.3 is 9.64 Å². The van der Waals surface area contributed by atoms with Gasteiger partial charge in [0.2, 0.25) is 0 Å². The number of aromatic nitrogens is 1. The molecule has 3 aromatic rings. The largest absolute Gasteiger partial charge is 0.491 e. The lowest BCUT2D eigenvalue weighted by molar-refractivity contribution is 0.168. The fourth-order valence-electron chi connectivity index (χ4n) is 4.22. The van der Waals surface area contributed by atoms with Crippen molar-refractivity contribution >= 4 is 44.4 Å². The Labute approximate surface area is 212 Å². The van der Waals surface area contributed by atoms with Gasteiger partial charge in [-0.2, -0.15) is 0 Å². The summed E-state index contributed by atoms with van der Waals surface area (Å²) in [6, 6.07) is 8.43. The number of allylic oxidation sites excluding steroid dienone is 1. The number of nitrogens with zero attached hydrogens (tertiary/aromatic N) is 2. The monoisotopic (exact) mass is 539 g/mol. The minimum atomic E-state index is -4.22. The highest BCUT2D eigenvalue weighted by Crippen LogP contribution is 2.37. The van der Waals surface area contributed by atoms with Crippen LogP contribution in [-0.4, -0.2) is 45.0 Å². The summed E-state index contributed by atoms with van der Waals surface area (Å²) in [6.07, 6.45) is 3.87. The van der Waals surface area contributed by atoms with Crippen molar-refractivity contribution in [1.29, 1.82) is 0 Å². The van der Waals surface area contributed by atoms with Gasteiger partial charge in [0.05, 0.1) is 17.1 Å². The highest BCUT2D eigenvalue weighted by atomic mass is 35.5. The smallest absolute Gasteiger partial charge is 0.266 e. The average molecular weight is 540 g/mol. The number of nitrogens with one attached hydrogen (secondary N) is 1. The van der Waals surface area contributed by atoms with Crippen LogP contribution >= 0.6 is 22.9 Å². The van der Waals surface area contributed by atoms with Crippen molar-refractivity contribution < 1.29 is 21.9 Å². The van der Waals surface area contributed by atoms with Crippen LogP contribution in [0.2, 0.25) is 5.02 Å². The number of benzene rings is 2. The Hall–Kier alpha value is -2.53. The van der Waals surface area contributed by atoms with Gasteiger partial charge in [0.25, 0.3) is 10.0 Å². The second-order valence-electron chi connectivity index (χ2n) is 8.38. The average Bonchev–Trinajstić information content (AvgIpc) is 3.32. The lowest BCUT2D eigenvalue weighted by atomic mass is 9.80. The van der Waals surface area contributed by atoms with Crippen LogP contribution in [0.1, 0.15) is 18.4 Å². The molecule has 0 radical (unpaired) electrons. The zero-order valence-electron chi connectivity index (χ0n) is 19.0. The molecule has 1 N–H and O–H groups in total. The number of halogens is 3. The van der Waals surface area contributed by atoms with E-state index in [9.17, 15) is 17.2 Å². The summed E-state index contributed by atoms with van der Waals surface area (Å²) in [5.74, 6) is -1.27. The normalized spacial score (nSPS) is 18.4. The van der Waals surface area contributed by atoms with Crippen molar-refractivity contribution in [3.63, 3.8) is 0 Å². The minimum Gasteiger partial charge on any atom is -0.491 e. The predicted molar refractivity (Wildman–Crippen MR) is 134 cm³/mol. The molecule has 2 unspecified atom stereocenters. The van der Waals surface area contributed by atoms with Crippen LogP contribution in [0.5, 0.6) is 5.75 Å². The van der Waals surface area contributed by atoms with E-state index in [0.717, 1.165) is 36.1 Å². The second-order valence-corrected chi connectivity index (χ2v) is 11.2. The summed E-state index contributed by atoms with van der Waals surface area (Å²) in [5, 5.41) is 1.46. The molecule has 0 aliphatic heterocycles.